The van der Waals surface area contributed by atoms with Gasteiger partial charge in [-0.3, -0.25) is 0 Å². The number of aryl methyl sites for hydroxylation is 1. The monoisotopic (exact) mass is 246 g/mol. The second-order valence-electron chi connectivity index (χ2n) is 6.61. The van der Waals surface area contributed by atoms with Gasteiger partial charge in [0.1, 0.15) is 0 Å². The Morgan fingerprint density at radius 2 is 2.00 bits per heavy atom. The molecule has 2 heteroatoms. The molecule has 0 amide bonds. The molecule has 0 aromatic heterocycles. The molecule has 100 valence electrons. The lowest BCUT2D eigenvalue weighted by molar-refractivity contribution is 0.581. The molecular weight excluding hydrogens is 220 g/mol. The van der Waals surface area contributed by atoms with E-state index in [2.05, 4.69) is 51.2 Å². The van der Waals surface area contributed by atoms with Crippen LogP contribution in [-0.2, 0) is 5.41 Å². The minimum absolute atomic E-state index is 0.111. The molecule has 1 aromatic carbocycles. The molecule has 1 fully saturated rings. The van der Waals surface area contributed by atoms with Gasteiger partial charge in [-0.25, -0.2) is 0 Å². The fourth-order valence-corrected chi connectivity index (χ4v) is 2.25. The Bertz CT molecular complexity index is 414. The summed E-state index contributed by atoms with van der Waals surface area (Å²) >= 11 is 0. The first-order chi connectivity index (χ1) is 8.38. The molecule has 1 unspecified atom stereocenters. The van der Waals surface area contributed by atoms with Crippen LogP contribution in [0.15, 0.2) is 18.2 Å². The highest BCUT2D eigenvalue weighted by Crippen LogP contribution is 2.26. The van der Waals surface area contributed by atoms with Gasteiger partial charge in [0, 0.05) is 18.6 Å². The maximum Gasteiger partial charge on any atom is 0.0424 e. The summed E-state index contributed by atoms with van der Waals surface area (Å²) in [6.45, 7) is 9.80. The Kier molecular flexibility index (Phi) is 3.79. The van der Waals surface area contributed by atoms with E-state index < -0.39 is 0 Å². The molecule has 0 saturated heterocycles. The highest BCUT2D eigenvalue weighted by atomic mass is 15.0. The van der Waals surface area contributed by atoms with Gasteiger partial charge in [-0.15, -0.1) is 0 Å². The largest absolute Gasteiger partial charge is 0.323 e. The highest BCUT2D eigenvalue weighted by molar-refractivity contribution is 5.36. The van der Waals surface area contributed by atoms with E-state index in [9.17, 15) is 0 Å². The molecule has 1 atom stereocenters. The predicted molar refractivity (Wildman–Crippen MR) is 77.8 cm³/mol. The van der Waals surface area contributed by atoms with E-state index in [0.29, 0.717) is 0 Å². The first kappa shape index (κ1) is 13.6. The molecule has 0 radical (unpaired) electrons. The van der Waals surface area contributed by atoms with Crippen LogP contribution in [0.25, 0.3) is 0 Å². The summed E-state index contributed by atoms with van der Waals surface area (Å²) in [5, 5.41) is 3.50. The molecule has 1 aliphatic carbocycles. The zero-order valence-corrected chi connectivity index (χ0v) is 12.1. The zero-order valence-electron chi connectivity index (χ0n) is 12.1. The lowest BCUT2D eigenvalue weighted by Gasteiger charge is -2.22. The van der Waals surface area contributed by atoms with E-state index in [1.165, 1.54) is 29.5 Å². The quantitative estimate of drug-likeness (QED) is 0.857. The van der Waals surface area contributed by atoms with E-state index in [1.807, 2.05) is 0 Å². The molecule has 0 spiro atoms. The number of hydrogen-bond donors (Lipinski definition) is 2. The highest BCUT2D eigenvalue weighted by Gasteiger charge is 2.22. The standard InChI is InChI=1S/C16H26N2/c1-11-9-12(16(2,3)4)5-8-14(11)15(17)10-18-13-6-7-13/h5,8-9,13,15,18H,6-7,10,17H2,1-4H3. The minimum Gasteiger partial charge on any atom is -0.323 e. The fourth-order valence-electron chi connectivity index (χ4n) is 2.25. The summed E-state index contributed by atoms with van der Waals surface area (Å²) in [5.74, 6) is 0. The Morgan fingerprint density at radius 1 is 1.33 bits per heavy atom. The average molecular weight is 246 g/mol. The van der Waals surface area contributed by atoms with Crippen molar-refractivity contribution in [3.05, 3.63) is 34.9 Å². The minimum atomic E-state index is 0.111. The van der Waals surface area contributed by atoms with Crippen molar-refractivity contribution in [2.24, 2.45) is 5.73 Å². The maximum atomic E-state index is 6.27. The van der Waals surface area contributed by atoms with Gasteiger partial charge in [-0.1, -0.05) is 39.0 Å². The van der Waals surface area contributed by atoms with Gasteiger partial charge < -0.3 is 11.1 Å². The third-order valence-corrected chi connectivity index (χ3v) is 3.74. The zero-order chi connectivity index (χ0) is 13.3. The van der Waals surface area contributed by atoms with E-state index in [4.69, 9.17) is 5.73 Å². The summed E-state index contributed by atoms with van der Waals surface area (Å²) < 4.78 is 0. The Hall–Kier alpha value is -0.860. The van der Waals surface area contributed by atoms with E-state index in [-0.39, 0.29) is 11.5 Å². The van der Waals surface area contributed by atoms with E-state index in [0.717, 1.165) is 12.6 Å². The van der Waals surface area contributed by atoms with Gasteiger partial charge in [0.25, 0.3) is 0 Å². The van der Waals surface area contributed by atoms with Crippen LogP contribution in [0.4, 0.5) is 0 Å². The van der Waals surface area contributed by atoms with Crippen LogP contribution in [0.3, 0.4) is 0 Å². The normalized spacial score (nSPS) is 17.8. The number of nitrogens with two attached hydrogens (primary N) is 1. The number of benzene rings is 1. The molecule has 0 heterocycles. The van der Waals surface area contributed by atoms with Crippen molar-refractivity contribution in [2.75, 3.05) is 6.54 Å². The molecule has 18 heavy (non-hydrogen) atoms. The summed E-state index contributed by atoms with van der Waals surface area (Å²) in [6.07, 6.45) is 2.63. The smallest absolute Gasteiger partial charge is 0.0424 e. The SMILES string of the molecule is Cc1cc(C(C)(C)C)ccc1C(N)CNC1CC1. The summed E-state index contributed by atoms with van der Waals surface area (Å²) in [7, 11) is 0. The van der Waals surface area contributed by atoms with E-state index >= 15 is 0 Å². The first-order valence-corrected chi connectivity index (χ1v) is 6.98. The summed E-state index contributed by atoms with van der Waals surface area (Å²) in [4.78, 5) is 0. The van der Waals surface area contributed by atoms with Crippen LogP contribution in [0.5, 0.6) is 0 Å². The Labute approximate surface area is 111 Å². The van der Waals surface area contributed by atoms with E-state index in [1.54, 1.807) is 0 Å². The average Bonchev–Trinajstić information content (AvgIpc) is 3.08. The molecule has 3 N–H and O–H groups in total. The van der Waals surface area contributed by atoms with Gasteiger partial charge >= 0.3 is 0 Å². The van der Waals surface area contributed by atoms with Crippen LogP contribution in [0.2, 0.25) is 0 Å². The van der Waals surface area contributed by atoms with Crippen molar-refractivity contribution in [1.29, 1.82) is 0 Å². The van der Waals surface area contributed by atoms with Gasteiger partial charge in [0.15, 0.2) is 0 Å². The molecule has 0 aliphatic heterocycles. The number of rotatable bonds is 4. The van der Waals surface area contributed by atoms with Gasteiger partial charge in [0.05, 0.1) is 0 Å². The van der Waals surface area contributed by atoms with Crippen molar-refractivity contribution in [3.8, 4) is 0 Å². The van der Waals surface area contributed by atoms with Crippen molar-refractivity contribution in [2.45, 2.75) is 58.0 Å². The molecule has 2 nitrogen and oxygen atoms in total. The second kappa shape index (κ2) is 5.02. The van der Waals surface area contributed by atoms with Crippen molar-refractivity contribution in [3.63, 3.8) is 0 Å². The number of nitrogens with one attached hydrogen (secondary N) is 1. The van der Waals surface area contributed by atoms with Crippen LogP contribution in [0.1, 0.15) is 56.3 Å². The second-order valence-corrected chi connectivity index (χ2v) is 6.61. The van der Waals surface area contributed by atoms with Gasteiger partial charge in [0.2, 0.25) is 0 Å². The van der Waals surface area contributed by atoms with Crippen molar-refractivity contribution < 1.29 is 0 Å². The lowest BCUT2D eigenvalue weighted by atomic mass is 9.84. The summed E-state index contributed by atoms with van der Waals surface area (Å²) in [6, 6.07) is 7.55. The van der Waals surface area contributed by atoms with Crippen LogP contribution >= 0.6 is 0 Å². The Morgan fingerprint density at radius 3 is 2.50 bits per heavy atom. The molecule has 1 aliphatic rings. The predicted octanol–water partition coefficient (Wildman–Crippen LogP) is 3.04. The van der Waals surface area contributed by atoms with Crippen LogP contribution in [-0.4, -0.2) is 12.6 Å². The van der Waals surface area contributed by atoms with Gasteiger partial charge in [-0.2, -0.15) is 0 Å². The van der Waals surface area contributed by atoms with Crippen LogP contribution < -0.4 is 11.1 Å². The maximum absolute atomic E-state index is 6.27. The first-order valence-electron chi connectivity index (χ1n) is 6.98. The molecular formula is C16H26N2. The topological polar surface area (TPSA) is 38.0 Å². The number of hydrogen-bond acceptors (Lipinski definition) is 2. The summed E-state index contributed by atoms with van der Waals surface area (Å²) in [5.41, 5.74) is 10.4. The molecule has 1 aromatic rings. The third kappa shape index (κ3) is 3.33. The fraction of sp³-hybridized carbons (Fsp3) is 0.625. The van der Waals surface area contributed by atoms with Crippen molar-refractivity contribution in [1.82, 2.24) is 5.32 Å². The Balaban J connectivity index is 2.08. The lowest BCUT2D eigenvalue weighted by Crippen LogP contribution is -2.29. The third-order valence-electron chi connectivity index (χ3n) is 3.74. The van der Waals surface area contributed by atoms with Gasteiger partial charge in [-0.05, 0) is 41.9 Å². The van der Waals surface area contributed by atoms with Crippen molar-refractivity contribution >= 4 is 0 Å². The molecule has 1 saturated carbocycles. The molecule has 2 rings (SSSR count). The molecule has 0 bridgehead atoms. The van der Waals surface area contributed by atoms with Crippen LogP contribution in [0, 0.1) is 6.92 Å².